The van der Waals surface area contributed by atoms with E-state index in [-0.39, 0.29) is 24.7 Å². The summed E-state index contributed by atoms with van der Waals surface area (Å²) in [4.78, 5) is 18.2. The zero-order valence-corrected chi connectivity index (χ0v) is 9.62. The van der Waals surface area contributed by atoms with Gasteiger partial charge in [0, 0.05) is 6.07 Å². The first-order valence-corrected chi connectivity index (χ1v) is 5.18. The molecule has 0 spiro atoms. The average molecular weight is 263 g/mol. The van der Waals surface area contributed by atoms with E-state index >= 15 is 0 Å². The predicted molar refractivity (Wildman–Crippen MR) is 56.9 cm³/mol. The van der Waals surface area contributed by atoms with Crippen LogP contribution in [0.3, 0.4) is 0 Å². The molecule has 1 aromatic heterocycles. The summed E-state index contributed by atoms with van der Waals surface area (Å²) in [6.45, 7) is 1.74. The third-order valence-corrected chi connectivity index (χ3v) is 1.82. The standard InChI is InChI=1S/C10H12F3N3O2/c1-2-18-9(17)5-14-8-3-7(15-6-16-8)4-10(11,12)13/h3,6H,2,4-5H2,1H3,(H,14,15,16). The molecule has 8 heteroatoms. The number of ether oxygens (including phenoxy) is 1. The monoisotopic (exact) mass is 263 g/mol. The number of carbonyl (C=O) groups excluding carboxylic acids is 1. The van der Waals surface area contributed by atoms with Gasteiger partial charge < -0.3 is 10.1 Å². The van der Waals surface area contributed by atoms with E-state index in [4.69, 9.17) is 0 Å². The highest BCUT2D eigenvalue weighted by molar-refractivity contribution is 5.74. The Morgan fingerprint density at radius 2 is 2.17 bits per heavy atom. The van der Waals surface area contributed by atoms with Gasteiger partial charge in [-0.05, 0) is 6.92 Å². The smallest absolute Gasteiger partial charge is 0.394 e. The van der Waals surface area contributed by atoms with E-state index in [2.05, 4.69) is 20.0 Å². The van der Waals surface area contributed by atoms with Gasteiger partial charge in [-0.2, -0.15) is 13.2 Å². The number of hydrogen-bond acceptors (Lipinski definition) is 5. The molecule has 1 N–H and O–H groups in total. The second-order valence-electron chi connectivity index (χ2n) is 3.35. The Morgan fingerprint density at radius 1 is 1.44 bits per heavy atom. The van der Waals surface area contributed by atoms with E-state index in [1.54, 1.807) is 6.92 Å². The number of alkyl halides is 3. The first-order chi connectivity index (χ1) is 8.40. The molecule has 0 bridgehead atoms. The van der Waals surface area contributed by atoms with Crippen molar-refractivity contribution in [3.63, 3.8) is 0 Å². The first-order valence-electron chi connectivity index (χ1n) is 5.18. The molecule has 1 heterocycles. The van der Waals surface area contributed by atoms with E-state index in [0.29, 0.717) is 0 Å². The fourth-order valence-corrected chi connectivity index (χ4v) is 1.17. The zero-order chi connectivity index (χ0) is 13.6. The molecule has 100 valence electrons. The topological polar surface area (TPSA) is 64.1 Å². The van der Waals surface area contributed by atoms with Crippen LogP contribution in [-0.2, 0) is 16.0 Å². The summed E-state index contributed by atoms with van der Waals surface area (Å²) in [7, 11) is 0. The van der Waals surface area contributed by atoms with E-state index in [1.807, 2.05) is 0 Å². The Bertz CT molecular complexity index is 410. The van der Waals surface area contributed by atoms with Crippen molar-refractivity contribution in [2.75, 3.05) is 18.5 Å². The van der Waals surface area contributed by atoms with Gasteiger partial charge in [0.2, 0.25) is 0 Å². The van der Waals surface area contributed by atoms with Crippen molar-refractivity contribution in [2.45, 2.75) is 19.5 Å². The molecule has 0 aliphatic rings. The number of halogens is 3. The predicted octanol–water partition coefficient (Wildman–Crippen LogP) is 1.56. The van der Waals surface area contributed by atoms with Crippen LogP contribution < -0.4 is 5.32 Å². The van der Waals surface area contributed by atoms with E-state index in [0.717, 1.165) is 12.4 Å². The normalized spacial score (nSPS) is 11.1. The summed E-state index contributed by atoms with van der Waals surface area (Å²) in [6, 6.07) is 1.15. The van der Waals surface area contributed by atoms with Gasteiger partial charge in [0.05, 0.1) is 18.7 Å². The molecule has 0 unspecified atom stereocenters. The molecule has 0 fully saturated rings. The van der Waals surface area contributed by atoms with Crippen molar-refractivity contribution in [1.82, 2.24) is 9.97 Å². The van der Waals surface area contributed by atoms with E-state index in [9.17, 15) is 18.0 Å². The molecule has 0 radical (unpaired) electrons. The Hall–Kier alpha value is -1.86. The summed E-state index contributed by atoms with van der Waals surface area (Å²) in [5, 5.41) is 2.56. The minimum atomic E-state index is -4.33. The van der Waals surface area contributed by atoms with Crippen molar-refractivity contribution >= 4 is 11.8 Å². The SMILES string of the molecule is CCOC(=O)CNc1cc(CC(F)(F)F)ncn1. The van der Waals surface area contributed by atoms with Crippen LogP contribution in [0.15, 0.2) is 12.4 Å². The maximum atomic E-state index is 12.1. The highest BCUT2D eigenvalue weighted by Crippen LogP contribution is 2.20. The Labute approximate surface area is 101 Å². The van der Waals surface area contributed by atoms with Gasteiger partial charge in [0.25, 0.3) is 0 Å². The minimum Gasteiger partial charge on any atom is -0.465 e. The first kappa shape index (κ1) is 14.2. The molecular weight excluding hydrogens is 251 g/mol. The molecule has 0 amide bonds. The Morgan fingerprint density at radius 3 is 2.78 bits per heavy atom. The summed E-state index contributed by atoms with van der Waals surface area (Å²) >= 11 is 0. The lowest BCUT2D eigenvalue weighted by molar-refractivity contribution is -0.141. The van der Waals surface area contributed by atoms with Gasteiger partial charge in [-0.3, -0.25) is 4.79 Å². The summed E-state index contributed by atoms with van der Waals surface area (Å²) in [5.41, 5.74) is -0.163. The van der Waals surface area contributed by atoms with Gasteiger partial charge in [-0.15, -0.1) is 0 Å². The van der Waals surface area contributed by atoms with Gasteiger partial charge in [-0.1, -0.05) is 0 Å². The van der Waals surface area contributed by atoms with Crippen molar-refractivity contribution in [2.24, 2.45) is 0 Å². The van der Waals surface area contributed by atoms with Crippen molar-refractivity contribution < 1.29 is 22.7 Å². The molecule has 0 aliphatic heterocycles. The number of nitrogens with zero attached hydrogens (tertiary/aromatic N) is 2. The molecule has 0 aliphatic carbocycles. The quantitative estimate of drug-likeness (QED) is 0.817. The molecule has 0 atom stereocenters. The van der Waals surface area contributed by atoms with Gasteiger partial charge in [-0.25, -0.2) is 9.97 Å². The molecule has 18 heavy (non-hydrogen) atoms. The van der Waals surface area contributed by atoms with E-state index < -0.39 is 18.6 Å². The lowest BCUT2D eigenvalue weighted by atomic mass is 10.3. The van der Waals surface area contributed by atoms with Crippen LogP contribution >= 0.6 is 0 Å². The van der Waals surface area contributed by atoms with Crippen molar-refractivity contribution in [3.8, 4) is 0 Å². The van der Waals surface area contributed by atoms with Crippen LogP contribution in [0.2, 0.25) is 0 Å². The second-order valence-corrected chi connectivity index (χ2v) is 3.35. The number of aromatic nitrogens is 2. The van der Waals surface area contributed by atoms with Crippen LogP contribution in [0.4, 0.5) is 19.0 Å². The largest absolute Gasteiger partial charge is 0.465 e. The number of rotatable bonds is 5. The number of anilines is 1. The van der Waals surface area contributed by atoms with Gasteiger partial charge >= 0.3 is 12.1 Å². The molecule has 5 nitrogen and oxygen atoms in total. The third kappa shape index (κ3) is 5.46. The fourth-order valence-electron chi connectivity index (χ4n) is 1.17. The van der Waals surface area contributed by atoms with Crippen molar-refractivity contribution in [1.29, 1.82) is 0 Å². The van der Waals surface area contributed by atoms with Crippen LogP contribution in [0.1, 0.15) is 12.6 Å². The fraction of sp³-hybridized carbons (Fsp3) is 0.500. The third-order valence-electron chi connectivity index (χ3n) is 1.82. The van der Waals surface area contributed by atoms with Crippen molar-refractivity contribution in [3.05, 3.63) is 18.1 Å². The molecule has 0 aromatic carbocycles. The van der Waals surface area contributed by atoms with Crippen LogP contribution in [-0.4, -0.2) is 35.3 Å². The lowest BCUT2D eigenvalue weighted by Crippen LogP contribution is -2.18. The molecule has 0 saturated heterocycles. The summed E-state index contributed by atoms with van der Waals surface area (Å²) < 4.78 is 41.0. The number of hydrogen-bond donors (Lipinski definition) is 1. The zero-order valence-electron chi connectivity index (χ0n) is 9.62. The van der Waals surface area contributed by atoms with Gasteiger partial charge in [0.15, 0.2) is 0 Å². The number of carbonyl (C=O) groups is 1. The average Bonchev–Trinajstić information content (AvgIpc) is 2.25. The highest BCUT2D eigenvalue weighted by Gasteiger charge is 2.28. The lowest BCUT2D eigenvalue weighted by Gasteiger charge is -2.08. The number of nitrogens with one attached hydrogen (secondary N) is 1. The molecular formula is C10H12F3N3O2. The highest BCUT2D eigenvalue weighted by atomic mass is 19.4. The molecule has 0 saturated carbocycles. The Kier molecular flexibility index (Phi) is 4.87. The van der Waals surface area contributed by atoms with Gasteiger partial charge in [0.1, 0.15) is 18.7 Å². The Balaban J connectivity index is 2.57. The maximum Gasteiger partial charge on any atom is 0.394 e. The van der Waals surface area contributed by atoms with Crippen LogP contribution in [0.25, 0.3) is 0 Å². The number of esters is 1. The molecule has 1 aromatic rings. The maximum absolute atomic E-state index is 12.1. The summed E-state index contributed by atoms with van der Waals surface area (Å²) in [5.74, 6) is -0.356. The van der Waals surface area contributed by atoms with Crippen LogP contribution in [0, 0.1) is 0 Å². The second kappa shape index (κ2) is 6.18. The summed E-state index contributed by atoms with van der Waals surface area (Å²) in [6.07, 6.45) is -4.45. The van der Waals surface area contributed by atoms with Crippen LogP contribution in [0.5, 0.6) is 0 Å². The molecule has 1 rings (SSSR count). The van der Waals surface area contributed by atoms with E-state index in [1.165, 1.54) is 0 Å². The minimum absolute atomic E-state index is 0.150.